The van der Waals surface area contributed by atoms with Gasteiger partial charge in [-0.2, -0.15) is 0 Å². The summed E-state index contributed by atoms with van der Waals surface area (Å²) in [5.74, 6) is 1.76. The average Bonchev–Trinajstić information content (AvgIpc) is 2.64. The van der Waals surface area contributed by atoms with Gasteiger partial charge in [-0.15, -0.1) is 0 Å². The van der Waals surface area contributed by atoms with E-state index in [1.165, 1.54) is 17.5 Å². The van der Waals surface area contributed by atoms with Gasteiger partial charge in [0.25, 0.3) is 0 Å². The molecule has 0 fully saturated rings. The topological polar surface area (TPSA) is 35.2 Å². The predicted molar refractivity (Wildman–Crippen MR) is 71.2 cm³/mol. The number of nitrogens with two attached hydrogens (primary N) is 1. The lowest BCUT2D eigenvalue weighted by Crippen LogP contribution is -2.11. The first-order valence-corrected chi connectivity index (χ1v) is 6.61. The van der Waals surface area contributed by atoms with Crippen LogP contribution in [0.15, 0.2) is 18.2 Å². The molecule has 2 N–H and O–H groups in total. The number of rotatable bonds is 4. The van der Waals surface area contributed by atoms with Gasteiger partial charge in [0.15, 0.2) is 0 Å². The summed E-state index contributed by atoms with van der Waals surface area (Å²) in [5, 5.41) is 0. The highest BCUT2D eigenvalue weighted by atomic mass is 16.5. The van der Waals surface area contributed by atoms with E-state index in [1.54, 1.807) is 0 Å². The summed E-state index contributed by atoms with van der Waals surface area (Å²) < 4.78 is 5.70. The lowest BCUT2D eigenvalue weighted by molar-refractivity contribution is 0.254. The van der Waals surface area contributed by atoms with Gasteiger partial charge in [0, 0.05) is 12.5 Å². The largest absolute Gasteiger partial charge is 0.490 e. The summed E-state index contributed by atoms with van der Waals surface area (Å²) in [6.07, 6.45) is 3.57. The molecule has 0 saturated heterocycles. The van der Waals surface area contributed by atoms with Gasteiger partial charge in [-0.3, -0.25) is 0 Å². The zero-order valence-electron chi connectivity index (χ0n) is 11.1. The number of fused-ring (bicyclic) bond motifs is 1. The van der Waals surface area contributed by atoms with Gasteiger partial charge in [-0.1, -0.05) is 26.0 Å². The van der Waals surface area contributed by atoms with E-state index in [0.717, 1.165) is 24.5 Å². The summed E-state index contributed by atoms with van der Waals surface area (Å²) in [5.41, 5.74) is 8.80. The zero-order valence-corrected chi connectivity index (χ0v) is 11.1. The van der Waals surface area contributed by atoms with Crippen LogP contribution in [0.1, 0.15) is 50.8 Å². The third-order valence-electron chi connectivity index (χ3n) is 3.40. The first kappa shape index (κ1) is 12.4. The van der Waals surface area contributed by atoms with Crippen LogP contribution in [0, 0.1) is 5.92 Å². The lowest BCUT2D eigenvalue weighted by atomic mass is 9.96. The number of hydrogen-bond acceptors (Lipinski definition) is 2. The molecule has 1 aromatic rings. The van der Waals surface area contributed by atoms with Crippen LogP contribution < -0.4 is 10.5 Å². The second kappa shape index (κ2) is 5.09. The van der Waals surface area contributed by atoms with E-state index in [2.05, 4.69) is 39.0 Å². The van der Waals surface area contributed by atoms with E-state index in [4.69, 9.17) is 10.5 Å². The van der Waals surface area contributed by atoms with Crippen molar-refractivity contribution in [1.29, 1.82) is 0 Å². The average molecular weight is 233 g/mol. The Labute approximate surface area is 104 Å². The highest BCUT2D eigenvalue weighted by molar-refractivity contribution is 5.41. The third-order valence-corrected chi connectivity index (χ3v) is 3.40. The van der Waals surface area contributed by atoms with Crippen LogP contribution in [0.4, 0.5) is 0 Å². The van der Waals surface area contributed by atoms with Gasteiger partial charge in [-0.05, 0) is 42.9 Å². The van der Waals surface area contributed by atoms with E-state index in [9.17, 15) is 0 Å². The molecule has 17 heavy (non-hydrogen) atoms. The van der Waals surface area contributed by atoms with Crippen molar-refractivity contribution < 1.29 is 4.74 Å². The van der Waals surface area contributed by atoms with Crippen LogP contribution in [0.2, 0.25) is 0 Å². The SMILES string of the molecule is CC(C)CCC(N)c1ccc2c(c1)CC(C)O2. The molecule has 94 valence electrons. The van der Waals surface area contributed by atoms with E-state index < -0.39 is 0 Å². The highest BCUT2D eigenvalue weighted by Gasteiger charge is 2.20. The van der Waals surface area contributed by atoms with Crippen molar-refractivity contribution in [2.45, 2.75) is 52.2 Å². The van der Waals surface area contributed by atoms with Crippen LogP contribution in [0.3, 0.4) is 0 Å². The fourth-order valence-corrected chi connectivity index (χ4v) is 2.35. The molecule has 2 atom stereocenters. The van der Waals surface area contributed by atoms with Crippen LogP contribution in [0.25, 0.3) is 0 Å². The molecule has 0 aromatic heterocycles. The van der Waals surface area contributed by atoms with Gasteiger partial charge in [0.1, 0.15) is 11.9 Å². The molecule has 2 unspecified atom stereocenters. The smallest absolute Gasteiger partial charge is 0.123 e. The Morgan fingerprint density at radius 1 is 1.35 bits per heavy atom. The lowest BCUT2D eigenvalue weighted by Gasteiger charge is -2.14. The van der Waals surface area contributed by atoms with Gasteiger partial charge < -0.3 is 10.5 Å². The maximum atomic E-state index is 6.23. The molecule has 2 rings (SSSR count). The highest BCUT2D eigenvalue weighted by Crippen LogP contribution is 2.31. The van der Waals surface area contributed by atoms with Crippen molar-refractivity contribution >= 4 is 0 Å². The molecular weight excluding hydrogens is 210 g/mol. The molecule has 0 bridgehead atoms. The van der Waals surface area contributed by atoms with E-state index in [1.807, 2.05) is 0 Å². The Morgan fingerprint density at radius 3 is 2.82 bits per heavy atom. The second-order valence-electron chi connectivity index (χ2n) is 5.58. The van der Waals surface area contributed by atoms with Crippen LogP contribution in [0.5, 0.6) is 5.75 Å². The number of ether oxygens (including phenoxy) is 1. The monoisotopic (exact) mass is 233 g/mol. The van der Waals surface area contributed by atoms with Crippen molar-refractivity contribution in [3.8, 4) is 5.75 Å². The molecule has 0 aliphatic carbocycles. The minimum Gasteiger partial charge on any atom is -0.490 e. The summed E-state index contributed by atoms with van der Waals surface area (Å²) in [4.78, 5) is 0. The molecule has 1 aliphatic heterocycles. The molecule has 0 saturated carbocycles. The molecular formula is C15H23NO. The van der Waals surface area contributed by atoms with Crippen LogP contribution >= 0.6 is 0 Å². The summed E-state index contributed by atoms with van der Waals surface area (Å²) in [6.45, 7) is 6.59. The molecule has 1 aliphatic rings. The van der Waals surface area contributed by atoms with Crippen molar-refractivity contribution in [3.05, 3.63) is 29.3 Å². The van der Waals surface area contributed by atoms with Gasteiger partial charge in [-0.25, -0.2) is 0 Å². The maximum absolute atomic E-state index is 6.23. The Kier molecular flexibility index (Phi) is 3.72. The molecule has 0 amide bonds. The predicted octanol–water partition coefficient (Wildman–Crippen LogP) is 3.45. The summed E-state index contributed by atoms with van der Waals surface area (Å²) >= 11 is 0. The van der Waals surface area contributed by atoms with Crippen LogP contribution in [-0.2, 0) is 6.42 Å². The summed E-state index contributed by atoms with van der Waals surface area (Å²) in [6, 6.07) is 6.58. The van der Waals surface area contributed by atoms with Crippen molar-refractivity contribution in [3.63, 3.8) is 0 Å². The van der Waals surface area contributed by atoms with Crippen molar-refractivity contribution in [2.75, 3.05) is 0 Å². The fourth-order valence-electron chi connectivity index (χ4n) is 2.35. The Bertz CT molecular complexity index is 387. The Balaban J connectivity index is 2.05. The second-order valence-corrected chi connectivity index (χ2v) is 5.58. The van der Waals surface area contributed by atoms with Crippen LogP contribution in [-0.4, -0.2) is 6.10 Å². The van der Waals surface area contributed by atoms with E-state index in [0.29, 0.717) is 6.10 Å². The molecule has 2 heteroatoms. The quantitative estimate of drug-likeness (QED) is 0.864. The minimum atomic E-state index is 0.165. The van der Waals surface area contributed by atoms with Crippen molar-refractivity contribution in [2.24, 2.45) is 11.7 Å². The fraction of sp³-hybridized carbons (Fsp3) is 0.600. The van der Waals surface area contributed by atoms with Crippen molar-refractivity contribution in [1.82, 2.24) is 0 Å². The number of hydrogen-bond donors (Lipinski definition) is 1. The third kappa shape index (κ3) is 3.01. The first-order valence-electron chi connectivity index (χ1n) is 6.61. The minimum absolute atomic E-state index is 0.165. The van der Waals surface area contributed by atoms with Gasteiger partial charge in [0.2, 0.25) is 0 Å². The normalized spacial score (nSPS) is 20.2. The number of benzene rings is 1. The Hall–Kier alpha value is -1.02. The molecule has 0 radical (unpaired) electrons. The Morgan fingerprint density at radius 2 is 2.12 bits per heavy atom. The molecule has 1 aromatic carbocycles. The molecule has 0 spiro atoms. The zero-order chi connectivity index (χ0) is 12.4. The summed E-state index contributed by atoms with van der Waals surface area (Å²) in [7, 11) is 0. The van der Waals surface area contributed by atoms with E-state index >= 15 is 0 Å². The van der Waals surface area contributed by atoms with Gasteiger partial charge in [0.05, 0.1) is 0 Å². The molecule has 1 heterocycles. The first-order chi connectivity index (χ1) is 8.06. The van der Waals surface area contributed by atoms with E-state index in [-0.39, 0.29) is 6.04 Å². The standard InChI is InChI=1S/C15H23NO/c1-10(2)4-6-14(16)12-5-7-15-13(9-12)8-11(3)17-15/h5,7,9-11,14H,4,6,8,16H2,1-3H3. The maximum Gasteiger partial charge on any atom is 0.123 e. The van der Waals surface area contributed by atoms with Gasteiger partial charge >= 0.3 is 0 Å². The molecule has 2 nitrogen and oxygen atoms in total.